The molecule has 1 saturated carbocycles. The van der Waals surface area contributed by atoms with E-state index in [1.54, 1.807) is 0 Å². The van der Waals surface area contributed by atoms with E-state index in [9.17, 15) is 5.11 Å². The average molecular weight is 228 g/mol. The van der Waals surface area contributed by atoms with E-state index < -0.39 is 5.60 Å². The Morgan fingerprint density at radius 1 is 1.50 bits per heavy atom. The van der Waals surface area contributed by atoms with Gasteiger partial charge >= 0.3 is 0 Å². The van der Waals surface area contributed by atoms with E-state index in [2.05, 4.69) is 0 Å². The van der Waals surface area contributed by atoms with Crippen molar-refractivity contribution in [2.45, 2.75) is 57.2 Å². The fourth-order valence-corrected chi connectivity index (χ4v) is 2.90. The highest BCUT2D eigenvalue weighted by Crippen LogP contribution is 2.46. The summed E-state index contributed by atoms with van der Waals surface area (Å²) in [6.45, 7) is 5.79. The highest BCUT2D eigenvalue weighted by molar-refractivity contribution is 4.98. The van der Waals surface area contributed by atoms with Crippen molar-refractivity contribution in [1.29, 1.82) is 0 Å². The van der Waals surface area contributed by atoms with E-state index in [4.69, 9.17) is 9.47 Å². The fraction of sp³-hybridized carbons (Fsp3) is 1.00. The molecule has 0 aromatic carbocycles. The van der Waals surface area contributed by atoms with E-state index in [0.29, 0.717) is 19.1 Å². The molecule has 1 N–H and O–H groups in total. The molecule has 0 aromatic heterocycles. The fourth-order valence-electron chi connectivity index (χ4n) is 2.90. The normalized spacial score (nSPS) is 32.1. The molecule has 0 bridgehead atoms. The van der Waals surface area contributed by atoms with E-state index in [-0.39, 0.29) is 5.60 Å². The number of hydrogen-bond donors (Lipinski definition) is 1. The van der Waals surface area contributed by atoms with E-state index in [1.807, 2.05) is 13.8 Å². The molecule has 0 radical (unpaired) electrons. The Bertz CT molecular complexity index is 233. The summed E-state index contributed by atoms with van der Waals surface area (Å²) < 4.78 is 11.3. The van der Waals surface area contributed by atoms with Gasteiger partial charge in [0.05, 0.1) is 17.8 Å². The standard InChI is InChI=1S/C13H24O3/c1-3-15-10-12(2,14)11-5-8-16-13(9-11)6-4-7-13/h11,14H,3-10H2,1-2H3. The van der Waals surface area contributed by atoms with Crippen molar-refractivity contribution in [3.63, 3.8) is 0 Å². The first-order valence-electron chi connectivity index (χ1n) is 6.52. The first-order chi connectivity index (χ1) is 7.58. The van der Waals surface area contributed by atoms with Crippen LogP contribution in [0.1, 0.15) is 46.0 Å². The Morgan fingerprint density at radius 3 is 2.81 bits per heavy atom. The molecule has 1 aliphatic carbocycles. The molecule has 94 valence electrons. The maximum Gasteiger partial charge on any atom is 0.0882 e. The van der Waals surface area contributed by atoms with Crippen molar-refractivity contribution in [3.05, 3.63) is 0 Å². The van der Waals surface area contributed by atoms with Gasteiger partial charge < -0.3 is 14.6 Å². The highest BCUT2D eigenvalue weighted by Gasteiger charge is 2.47. The summed E-state index contributed by atoms with van der Waals surface area (Å²) in [6.07, 6.45) is 5.59. The zero-order valence-electron chi connectivity index (χ0n) is 10.5. The van der Waals surface area contributed by atoms with Gasteiger partial charge in [-0.2, -0.15) is 0 Å². The Morgan fingerprint density at radius 2 is 2.25 bits per heavy atom. The van der Waals surface area contributed by atoms with Crippen molar-refractivity contribution < 1.29 is 14.6 Å². The lowest BCUT2D eigenvalue weighted by atomic mass is 9.68. The van der Waals surface area contributed by atoms with Crippen LogP contribution in [0.15, 0.2) is 0 Å². The van der Waals surface area contributed by atoms with Gasteiger partial charge in [0.1, 0.15) is 0 Å². The Hall–Kier alpha value is -0.120. The van der Waals surface area contributed by atoms with E-state index in [0.717, 1.165) is 19.4 Å². The van der Waals surface area contributed by atoms with Gasteiger partial charge in [0.15, 0.2) is 0 Å². The van der Waals surface area contributed by atoms with Crippen LogP contribution in [-0.4, -0.2) is 36.1 Å². The number of rotatable bonds is 4. The molecule has 2 fully saturated rings. The predicted octanol–water partition coefficient (Wildman–Crippen LogP) is 2.12. The lowest BCUT2D eigenvalue weighted by Crippen LogP contribution is -2.52. The van der Waals surface area contributed by atoms with Crippen molar-refractivity contribution >= 4 is 0 Å². The average Bonchev–Trinajstić information content (AvgIpc) is 2.24. The maximum atomic E-state index is 10.4. The molecule has 0 amide bonds. The first-order valence-corrected chi connectivity index (χ1v) is 6.52. The third kappa shape index (κ3) is 2.41. The topological polar surface area (TPSA) is 38.7 Å². The SMILES string of the molecule is CCOCC(C)(O)C1CCOC2(CCC2)C1. The van der Waals surface area contributed by atoms with Crippen molar-refractivity contribution in [2.75, 3.05) is 19.8 Å². The third-order valence-corrected chi connectivity index (χ3v) is 4.24. The molecule has 16 heavy (non-hydrogen) atoms. The van der Waals surface area contributed by atoms with Crippen LogP contribution < -0.4 is 0 Å². The Labute approximate surface area is 98.1 Å². The summed E-state index contributed by atoms with van der Waals surface area (Å²) in [6, 6.07) is 0. The van der Waals surface area contributed by atoms with Crippen molar-refractivity contribution in [2.24, 2.45) is 5.92 Å². The van der Waals surface area contributed by atoms with Crippen LogP contribution in [-0.2, 0) is 9.47 Å². The van der Waals surface area contributed by atoms with Crippen LogP contribution in [0.5, 0.6) is 0 Å². The minimum absolute atomic E-state index is 0.110. The largest absolute Gasteiger partial charge is 0.387 e. The smallest absolute Gasteiger partial charge is 0.0882 e. The first kappa shape index (κ1) is 12.3. The minimum Gasteiger partial charge on any atom is -0.387 e. The summed E-state index contributed by atoms with van der Waals surface area (Å²) in [5.41, 5.74) is -0.582. The molecule has 2 rings (SSSR count). The highest BCUT2D eigenvalue weighted by atomic mass is 16.5. The van der Waals surface area contributed by atoms with Gasteiger partial charge in [-0.1, -0.05) is 0 Å². The predicted molar refractivity (Wildman–Crippen MR) is 62.4 cm³/mol. The molecule has 2 unspecified atom stereocenters. The molecule has 3 nitrogen and oxygen atoms in total. The summed E-state index contributed by atoms with van der Waals surface area (Å²) in [5.74, 6) is 0.327. The number of hydrogen-bond acceptors (Lipinski definition) is 3. The number of ether oxygens (including phenoxy) is 2. The van der Waals surface area contributed by atoms with Gasteiger partial charge in [-0.3, -0.25) is 0 Å². The van der Waals surface area contributed by atoms with Gasteiger partial charge in [-0.25, -0.2) is 0 Å². The monoisotopic (exact) mass is 228 g/mol. The summed E-state index contributed by atoms with van der Waals surface area (Å²) in [7, 11) is 0. The van der Waals surface area contributed by atoms with E-state index >= 15 is 0 Å². The van der Waals surface area contributed by atoms with Crippen LogP contribution in [0, 0.1) is 5.92 Å². The second-order valence-corrected chi connectivity index (χ2v) is 5.57. The zero-order chi connectivity index (χ0) is 11.6. The molecule has 1 saturated heterocycles. The van der Waals surface area contributed by atoms with Crippen LogP contribution in [0.4, 0.5) is 0 Å². The Kier molecular flexibility index (Phi) is 3.57. The van der Waals surface area contributed by atoms with Crippen molar-refractivity contribution in [3.8, 4) is 0 Å². The molecule has 2 atom stereocenters. The van der Waals surface area contributed by atoms with Crippen LogP contribution in [0.25, 0.3) is 0 Å². The third-order valence-electron chi connectivity index (χ3n) is 4.24. The quantitative estimate of drug-likeness (QED) is 0.801. The van der Waals surface area contributed by atoms with Gasteiger partial charge in [-0.15, -0.1) is 0 Å². The minimum atomic E-state index is -0.692. The van der Waals surface area contributed by atoms with Gasteiger partial charge in [0, 0.05) is 13.2 Å². The lowest BCUT2D eigenvalue weighted by molar-refractivity contribution is -0.181. The molecular formula is C13H24O3. The van der Waals surface area contributed by atoms with Crippen LogP contribution in [0.2, 0.25) is 0 Å². The molecule has 1 aliphatic heterocycles. The second-order valence-electron chi connectivity index (χ2n) is 5.57. The van der Waals surface area contributed by atoms with Crippen molar-refractivity contribution in [1.82, 2.24) is 0 Å². The maximum absolute atomic E-state index is 10.4. The summed E-state index contributed by atoms with van der Waals surface area (Å²) in [4.78, 5) is 0. The van der Waals surface area contributed by atoms with Gasteiger partial charge in [-0.05, 0) is 51.9 Å². The second kappa shape index (κ2) is 4.63. The van der Waals surface area contributed by atoms with Crippen LogP contribution in [0.3, 0.4) is 0 Å². The van der Waals surface area contributed by atoms with Gasteiger partial charge in [0.2, 0.25) is 0 Å². The summed E-state index contributed by atoms with van der Waals surface area (Å²) in [5, 5.41) is 10.4. The number of aliphatic hydroxyl groups is 1. The lowest BCUT2D eigenvalue weighted by Gasteiger charge is -2.50. The van der Waals surface area contributed by atoms with Crippen LogP contribution >= 0.6 is 0 Å². The zero-order valence-corrected chi connectivity index (χ0v) is 10.5. The summed E-state index contributed by atoms with van der Waals surface area (Å²) >= 11 is 0. The molecule has 3 heteroatoms. The molecule has 1 heterocycles. The molecule has 2 aliphatic rings. The molecule has 1 spiro atoms. The molecular weight excluding hydrogens is 204 g/mol. The van der Waals surface area contributed by atoms with E-state index in [1.165, 1.54) is 19.3 Å². The van der Waals surface area contributed by atoms with Gasteiger partial charge in [0.25, 0.3) is 0 Å². The molecule has 0 aromatic rings. The Balaban J connectivity index is 1.92.